The van der Waals surface area contributed by atoms with Gasteiger partial charge in [-0.05, 0) is 25.1 Å². The topological polar surface area (TPSA) is 38.3 Å². The Morgan fingerprint density at radius 1 is 1.39 bits per heavy atom. The predicted octanol–water partition coefficient (Wildman–Crippen LogP) is 2.57. The molecule has 1 atom stereocenters. The first-order valence-corrected chi connectivity index (χ1v) is 5.84. The third-order valence-electron chi connectivity index (χ3n) is 2.59. The number of hydrogen-bond acceptors (Lipinski definition) is 3. The molecule has 0 saturated heterocycles. The minimum Gasteiger partial charge on any atom is -0.469 e. The zero-order valence-electron chi connectivity index (χ0n) is 10.5. The molecule has 0 heterocycles. The highest BCUT2D eigenvalue weighted by molar-refractivity contribution is 5.70. The van der Waals surface area contributed by atoms with Crippen LogP contribution in [0.25, 0.3) is 0 Å². The zero-order valence-corrected chi connectivity index (χ0v) is 10.5. The van der Waals surface area contributed by atoms with Crippen molar-refractivity contribution in [2.24, 2.45) is 0 Å². The van der Waals surface area contributed by atoms with Gasteiger partial charge in [-0.1, -0.05) is 13.0 Å². The van der Waals surface area contributed by atoms with Crippen LogP contribution >= 0.6 is 0 Å². The van der Waals surface area contributed by atoms with Crippen LogP contribution in [0.5, 0.6) is 0 Å². The average molecular weight is 257 g/mol. The highest BCUT2D eigenvalue weighted by Crippen LogP contribution is 2.23. The normalized spacial score (nSPS) is 12.2. The maximum Gasteiger partial charge on any atom is 0.307 e. The van der Waals surface area contributed by atoms with Crippen molar-refractivity contribution in [1.82, 2.24) is 5.32 Å². The highest BCUT2D eigenvalue weighted by atomic mass is 19.1. The second-order valence-electron chi connectivity index (χ2n) is 3.92. The van der Waals surface area contributed by atoms with E-state index >= 15 is 0 Å². The maximum atomic E-state index is 13.7. The van der Waals surface area contributed by atoms with Gasteiger partial charge in [0.1, 0.15) is 11.6 Å². The van der Waals surface area contributed by atoms with Crippen LogP contribution in [0.1, 0.15) is 31.4 Å². The highest BCUT2D eigenvalue weighted by Gasteiger charge is 2.22. The summed E-state index contributed by atoms with van der Waals surface area (Å²) < 4.78 is 31.8. The molecule has 1 aromatic rings. The lowest BCUT2D eigenvalue weighted by Crippen LogP contribution is -2.27. The van der Waals surface area contributed by atoms with Gasteiger partial charge in [0.25, 0.3) is 0 Å². The van der Waals surface area contributed by atoms with E-state index in [0.29, 0.717) is 6.54 Å². The number of rotatable bonds is 6. The summed E-state index contributed by atoms with van der Waals surface area (Å²) in [5.41, 5.74) is -0.114. The van der Waals surface area contributed by atoms with Crippen LogP contribution in [-0.4, -0.2) is 19.6 Å². The summed E-state index contributed by atoms with van der Waals surface area (Å²) in [4.78, 5) is 11.3. The summed E-state index contributed by atoms with van der Waals surface area (Å²) in [7, 11) is 1.25. The molecule has 0 fully saturated rings. The Morgan fingerprint density at radius 2 is 2.00 bits per heavy atom. The number of methoxy groups -OCH3 is 1. The quantitative estimate of drug-likeness (QED) is 0.796. The van der Waals surface area contributed by atoms with E-state index in [1.165, 1.54) is 25.3 Å². The van der Waals surface area contributed by atoms with Crippen LogP contribution in [0.4, 0.5) is 8.78 Å². The lowest BCUT2D eigenvalue weighted by atomic mass is 10.0. The lowest BCUT2D eigenvalue weighted by Gasteiger charge is -2.19. The third-order valence-corrected chi connectivity index (χ3v) is 2.59. The van der Waals surface area contributed by atoms with E-state index in [-0.39, 0.29) is 12.0 Å². The molecule has 0 radical (unpaired) electrons. The smallest absolute Gasteiger partial charge is 0.307 e. The predicted molar refractivity (Wildman–Crippen MR) is 64.0 cm³/mol. The number of nitrogens with one attached hydrogen (secondary N) is 1. The van der Waals surface area contributed by atoms with Crippen LogP contribution in [0.3, 0.4) is 0 Å². The van der Waals surface area contributed by atoms with Crippen LogP contribution in [0.15, 0.2) is 18.2 Å². The van der Waals surface area contributed by atoms with Crippen molar-refractivity contribution in [2.45, 2.75) is 25.8 Å². The largest absolute Gasteiger partial charge is 0.469 e. The van der Waals surface area contributed by atoms with Gasteiger partial charge in [0.05, 0.1) is 13.5 Å². The molecule has 100 valence electrons. The Labute approximate surface area is 105 Å². The van der Waals surface area contributed by atoms with Gasteiger partial charge in [-0.25, -0.2) is 8.78 Å². The number of carbonyl (C=O) groups excluding carboxylic acids is 1. The molecule has 1 aromatic carbocycles. The third kappa shape index (κ3) is 3.77. The van der Waals surface area contributed by atoms with Crippen molar-refractivity contribution in [3.63, 3.8) is 0 Å². The van der Waals surface area contributed by atoms with Gasteiger partial charge in [-0.2, -0.15) is 0 Å². The fourth-order valence-electron chi connectivity index (χ4n) is 1.69. The molecule has 0 aliphatic carbocycles. The molecule has 3 nitrogen and oxygen atoms in total. The van der Waals surface area contributed by atoms with E-state index < -0.39 is 23.6 Å². The Bertz CT molecular complexity index is 390. The van der Waals surface area contributed by atoms with Gasteiger partial charge < -0.3 is 10.1 Å². The summed E-state index contributed by atoms with van der Waals surface area (Å²) in [6, 6.07) is 2.94. The van der Waals surface area contributed by atoms with Crippen molar-refractivity contribution in [3.8, 4) is 0 Å². The van der Waals surface area contributed by atoms with Crippen molar-refractivity contribution < 1.29 is 18.3 Å². The van der Waals surface area contributed by atoms with Crippen molar-refractivity contribution in [2.75, 3.05) is 13.7 Å². The standard InChI is InChI=1S/C13H17F2NO2/c1-3-7-16-11(8-12(17)18-2)13-9(14)5-4-6-10(13)15/h4-6,11,16H,3,7-8H2,1-2H3. The second-order valence-corrected chi connectivity index (χ2v) is 3.92. The molecular weight excluding hydrogens is 240 g/mol. The van der Waals surface area contributed by atoms with Crippen molar-refractivity contribution in [1.29, 1.82) is 0 Å². The summed E-state index contributed by atoms with van der Waals surface area (Å²) in [5.74, 6) is -1.83. The molecule has 5 heteroatoms. The van der Waals surface area contributed by atoms with E-state index in [1.807, 2.05) is 6.92 Å². The lowest BCUT2D eigenvalue weighted by molar-refractivity contribution is -0.141. The first-order chi connectivity index (χ1) is 8.60. The number of benzene rings is 1. The average Bonchev–Trinajstić information content (AvgIpc) is 2.35. The fourth-order valence-corrected chi connectivity index (χ4v) is 1.69. The van der Waals surface area contributed by atoms with Gasteiger partial charge in [0.15, 0.2) is 0 Å². The molecule has 1 rings (SSSR count). The number of carbonyl (C=O) groups is 1. The van der Waals surface area contributed by atoms with Gasteiger partial charge in [-0.15, -0.1) is 0 Å². The summed E-state index contributed by atoms with van der Waals surface area (Å²) in [5, 5.41) is 2.95. The van der Waals surface area contributed by atoms with E-state index in [4.69, 9.17) is 0 Å². The van der Waals surface area contributed by atoms with Crippen molar-refractivity contribution in [3.05, 3.63) is 35.4 Å². The first-order valence-electron chi connectivity index (χ1n) is 5.84. The molecule has 0 saturated carbocycles. The molecule has 18 heavy (non-hydrogen) atoms. The Balaban J connectivity index is 2.97. The summed E-state index contributed by atoms with van der Waals surface area (Å²) in [6.07, 6.45) is 0.697. The molecule has 1 N–H and O–H groups in total. The summed E-state index contributed by atoms with van der Waals surface area (Å²) in [6.45, 7) is 2.50. The number of halogens is 2. The molecule has 0 aliphatic rings. The molecule has 0 bridgehead atoms. The van der Waals surface area contributed by atoms with Gasteiger partial charge in [0.2, 0.25) is 0 Å². The van der Waals surface area contributed by atoms with Gasteiger partial charge in [0, 0.05) is 11.6 Å². The Morgan fingerprint density at radius 3 is 2.50 bits per heavy atom. The molecule has 0 spiro atoms. The van der Waals surface area contributed by atoms with E-state index in [1.54, 1.807) is 0 Å². The fraction of sp³-hybridized carbons (Fsp3) is 0.462. The second kappa shape index (κ2) is 7.06. The Kier molecular flexibility index (Phi) is 5.71. The molecule has 1 unspecified atom stereocenters. The minimum atomic E-state index is -0.710. The van der Waals surface area contributed by atoms with E-state index in [2.05, 4.69) is 10.1 Å². The molecular formula is C13H17F2NO2. The first kappa shape index (κ1) is 14.6. The van der Waals surface area contributed by atoms with Crippen LogP contribution in [-0.2, 0) is 9.53 Å². The SMILES string of the molecule is CCCNC(CC(=O)OC)c1c(F)cccc1F. The molecule has 0 aromatic heterocycles. The van der Waals surface area contributed by atoms with Crippen LogP contribution in [0, 0.1) is 11.6 Å². The number of hydrogen-bond donors (Lipinski definition) is 1. The minimum absolute atomic E-state index is 0.103. The van der Waals surface area contributed by atoms with E-state index in [0.717, 1.165) is 6.42 Å². The van der Waals surface area contributed by atoms with E-state index in [9.17, 15) is 13.6 Å². The molecule has 0 aliphatic heterocycles. The van der Waals surface area contributed by atoms with Crippen LogP contribution < -0.4 is 5.32 Å². The Hall–Kier alpha value is -1.49. The molecule has 0 amide bonds. The van der Waals surface area contributed by atoms with Gasteiger partial charge >= 0.3 is 5.97 Å². The summed E-state index contributed by atoms with van der Waals surface area (Å²) >= 11 is 0. The number of esters is 1. The maximum absolute atomic E-state index is 13.7. The number of ether oxygens (including phenoxy) is 1. The zero-order chi connectivity index (χ0) is 13.5. The van der Waals surface area contributed by atoms with Crippen molar-refractivity contribution >= 4 is 5.97 Å². The van der Waals surface area contributed by atoms with Gasteiger partial charge in [-0.3, -0.25) is 4.79 Å². The monoisotopic (exact) mass is 257 g/mol. The van der Waals surface area contributed by atoms with Crippen LogP contribution in [0.2, 0.25) is 0 Å².